The fourth-order valence-electron chi connectivity index (χ4n) is 0.752. The molecule has 0 aliphatic heterocycles. The third-order valence-corrected chi connectivity index (χ3v) is 3.79. The zero-order chi connectivity index (χ0) is 8.81. The first-order valence-corrected chi connectivity index (χ1v) is 6.21. The lowest BCUT2D eigenvalue weighted by Crippen LogP contribution is -1.99. The summed E-state index contributed by atoms with van der Waals surface area (Å²) in [6.07, 6.45) is 0. The molecule has 0 amide bonds. The summed E-state index contributed by atoms with van der Waals surface area (Å²) in [7, 11) is 3.59. The molecule has 0 aliphatic carbocycles. The topological polar surface area (TPSA) is 26.0 Å². The zero-order valence-electron chi connectivity index (χ0n) is 7.12. The van der Waals surface area contributed by atoms with Gasteiger partial charge in [-0.25, -0.2) is 0 Å². The van der Waals surface area contributed by atoms with Crippen LogP contribution >= 0.6 is 21.6 Å². The second-order valence-electron chi connectivity index (χ2n) is 2.51. The van der Waals surface area contributed by atoms with Crippen molar-refractivity contribution in [3.05, 3.63) is 29.8 Å². The first-order valence-electron chi connectivity index (χ1n) is 3.89. The van der Waals surface area contributed by atoms with Gasteiger partial charge in [0, 0.05) is 17.2 Å². The maximum atomic E-state index is 5.38. The van der Waals surface area contributed by atoms with Crippen molar-refractivity contribution in [3.63, 3.8) is 0 Å². The molecule has 0 heterocycles. The third kappa shape index (κ3) is 3.52. The highest BCUT2D eigenvalue weighted by atomic mass is 33.1. The summed E-state index contributed by atoms with van der Waals surface area (Å²) in [6.45, 7) is 2.85. The van der Waals surface area contributed by atoms with Crippen LogP contribution in [-0.2, 0) is 0 Å². The number of benzene rings is 1. The van der Waals surface area contributed by atoms with Gasteiger partial charge in [-0.15, -0.1) is 0 Å². The molecule has 0 atom stereocenters. The molecule has 0 fully saturated rings. The summed E-state index contributed by atoms with van der Waals surface area (Å²) in [6, 6.07) is 8.55. The minimum absolute atomic E-state index is 0.754. The van der Waals surface area contributed by atoms with E-state index in [9.17, 15) is 0 Å². The smallest absolute Gasteiger partial charge is 0.0182 e. The molecular weight excluding hydrogens is 186 g/mol. The Hall–Kier alpha value is -0.120. The lowest BCUT2D eigenvalue weighted by molar-refractivity contribution is 1.16. The molecule has 12 heavy (non-hydrogen) atoms. The highest BCUT2D eigenvalue weighted by molar-refractivity contribution is 8.76. The molecule has 2 N–H and O–H groups in total. The second-order valence-corrected chi connectivity index (χ2v) is 5.00. The van der Waals surface area contributed by atoms with Crippen LogP contribution in [0.4, 0.5) is 0 Å². The van der Waals surface area contributed by atoms with E-state index in [1.165, 1.54) is 10.5 Å². The molecule has 0 unspecified atom stereocenters. The first kappa shape index (κ1) is 9.96. The molecule has 66 valence electrons. The SMILES string of the molecule is Cc1ccc(SSCCN)cc1. The van der Waals surface area contributed by atoms with Gasteiger partial charge in [-0.05, 0) is 19.1 Å². The highest BCUT2D eigenvalue weighted by Crippen LogP contribution is 2.30. The molecule has 3 heteroatoms. The van der Waals surface area contributed by atoms with Crippen LogP contribution in [0.25, 0.3) is 0 Å². The largest absolute Gasteiger partial charge is 0.330 e. The Balaban J connectivity index is 2.37. The molecule has 0 bridgehead atoms. The molecule has 0 saturated carbocycles. The average molecular weight is 199 g/mol. The van der Waals surface area contributed by atoms with Crippen LogP contribution in [0, 0.1) is 6.92 Å². The van der Waals surface area contributed by atoms with Gasteiger partial charge in [0.1, 0.15) is 0 Å². The molecule has 0 saturated heterocycles. The molecular formula is C9H13NS2. The maximum Gasteiger partial charge on any atom is 0.0182 e. The Kier molecular flexibility index (Phi) is 4.58. The van der Waals surface area contributed by atoms with Gasteiger partial charge in [0.15, 0.2) is 0 Å². The van der Waals surface area contributed by atoms with E-state index in [-0.39, 0.29) is 0 Å². The van der Waals surface area contributed by atoms with Crippen LogP contribution in [0.5, 0.6) is 0 Å². The highest BCUT2D eigenvalue weighted by Gasteiger charge is 1.92. The van der Waals surface area contributed by atoms with Gasteiger partial charge in [0.05, 0.1) is 0 Å². The van der Waals surface area contributed by atoms with Crippen LogP contribution < -0.4 is 5.73 Å². The van der Waals surface area contributed by atoms with E-state index >= 15 is 0 Å². The van der Waals surface area contributed by atoms with E-state index in [4.69, 9.17) is 5.73 Å². The van der Waals surface area contributed by atoms with Crippen molar-refractivity contribution < 1.29 is 0 Å². The zero-order valence-corrected chi connectivity index (χ0v) is 8.75. The summed E-state index contributed by atoms with van der Waals surface area (Å²) >= 11 is 0. The fourth-order valence-corrected chi connectivity index (χ4v) is 2.59. The van der Waals surface area contributed by atoms with Crippen LogP contribution in [0.15, 0.2) is 29.2 Å². The van der Waals surface area contributed by atoms with E-state index in [2.05, 4.69) is 31.2 Å². The molecule has 0 aliphatic rings. The van der Waals surface area contributed by atoms with Gasteiger partial charge < -0.3 is 5.73 Å². The number of aryl methyl sites for hydroxylation is 1. The van der Waals surface area contributed by atoms with E-state index < -0.39 is 0 Å². The van der Waals surface area contributed by atoms with E-state index in [0.717, 1.165) is 12.3 Å². The first-order chi connectivity index (χ1) is 5.83. The minimum Gasteiger partial charge on any atom is -0.330 e. The monoisotopic (exact) mass is 199 g/mol. The maximum absolute atomic E-state index is 5.38. The van der Waals surface area contributed by atoms with Gasteiger partial charge in [-0.3, -0.25) is 0 Å². The van der Waals surface area contributed by atoms with Crippen molar-refractivity contribution in [1.29, 1.82) is 0 Å². The lowest BCUT2D eigenvalue weighted by Gasteiger charge is -1.99. The predicted molar refractivity (Wildman–Crippen MR) is 58.5 cm³/mol. The van der Waals surface area contributed by atoms with Crippen molar-refractivity contribution in [1.82, 2.24) is 0 Å². The van der Waals surface area contributed by atoms with Crippen LogP contribution in [-0.4, -0.2) is 12.3 Å². The summed E-state index contributed by atoms with van der Waals surface area (Å²) in [5.41, 5.74) is 6.69. The summed E-state index contributed by atoms with van der Waals surface area (Å²) < 4.78 is 0. The quantitative estimate of drug-likeness (QED) is 0.596. The molecule has 1 rings (SSSR count). The van der Waals surface area contributed by atoms with Crippen molar-refractivity contribution in [2.75, 3.05) is 12.3 Å². The standard InChI is InChI=1S/C9H13NS2/c1-8-2-4-9(5-3-8)12-11-7-6-10/h2-5H,6-7,10H2,1H3. The second kappa shape index (κ2) is 5.51. The molecule has 1 aromatic carbocycles. The summed E-state index contributed by atoms with van der Waals surface area (Å²) in [5, 5.41) is 0. The van der Waals surface area contributed by atoms with E-state index in [0.29, 0.717) is 0 Å². The van der Waals surface area contributed by atoms with Gasteiger partial charge >= 0.3 is 0 Å². The average Bonchev–Trinajstić information content (AvgIpc) is 2.09. The van der Waals surface area contributed by atoms with Gasteiger partial charge in [0.25, 0.3) is 0 Å². The van der Waals surface area contributed by atoms with Crippen LogP contribution in [0.2, 0.25) is 0 Å². The van der Waals surface area contributed by atoms with Gasteiger partial charge in [-0.1, -0.05) is 39.3 Å². The molecule has 1 nitrogen and oxygen atoms in total. The number of rotatable bonds is 4. The molecule has 0 radical (unpaired) electrons. The minimum atomic E-state index is 0.754. The Morgan fingerprint density at radius 3 is 2.50 bits per heavy atom. The lowest BCUT2D eigenvalue weighted by atomic mass is 10.2. The van der Waals surface area contributed by atoms with Crippen molar-refractivity contribution >= 4 is 21.6 Å². The van der Waals surface area contributed by atoms with Crippen LogP contribution in [0.1, 0.15) is 5.56 Å². The van der Waals surface area contributed by atoms with E-state index in [1.54, 1.807) is 21.6 Å². The number of hydrogen-bond acceptors (Lipinski definition) is 3. The van der Waals surface area contributed by atoms with Crippen molar-refractivity contribution in [2.45, 2.75) is 11.8 Å². The molecule has 0 spiro atoms. The number of nitrogens with two attached hydrogens (primary N) is 1. The Morgan fingerprint density at radius 2 is 1.92 bits per heavy atom. The molecule has 1 aromatic rings. The summed E-state index contributed by atoms with van der Waals surface area (Å²) in [4.78, 5) is 1.30. The number of hydrogen-bond donors (Lipinski definition) is 1. The fraction of sp³-hybridized carbons (Fsp3) is 0.333. The third-order valence-electron chi connectivity index (χ3n) is 1.38. The van der Waals surface area contributed by atoms with Crippen LogP contribution in [0.3, 0.4) is 0 Å². The molecule has 0 aromatic heterocycles. The Bertz CT molecular complexity index is 220. The Morgan fingerprint density at radius 1 is 1.25 bits per heavy atom. The van der Waals surface area contributed by atoms with Crippen molar-refractivity contribution in [2.24, 2.45) is 5.73 Å². The predicted octanol–water partition coefficient (Wildman–Crippen LogP) is 2.69. The van der Waals surface area contributed by atoms with Gasteiger partial charge in [0.2, 0.25) is 0 Å². The normalized spacial score (nSPS) is 10.2. The van der Waals surface area contributed by atoms with Gasteiger partial charge in [-0.2, -0.15) is 0 Å². The summed E-state index contributed by atoms with van der Waals surface area (Å²) in [5.74, 6) is 1.01. The Labute approximate surface area is 81.5 Å². The van der Waals surface area contributed by atoms with Crippen molar-refractivity contribution in [3.8, 4) is 0 Å². The van der Waals surface area contributed by atoms with E-state index in [1.807, 2.05) is 0 Å².